The van der Waals surface area contributed by atoms with Crippen LogP contribution in [0, 0.1) is 17.0 Å². The number of halogens is 1. The number of rotatable bonds is 5. The van der Waals surface area contributed by atoms with Crippen LogP contribution in [0.2, 0.25) is 0 Å². The van der Waals surface area contributed by atoms with Crippen LogP contribution in [0.15, 0.2) is 68.6 Å². The number of benzene rings is 2. The third kappa shape index (κ3) is 4.48. The number of furan rings is 1. The number of carbonyl (C=O) groups excluding carboxylic acids is 1. The van der Waals surface area contributed by atoms with Gasteiger partial charge in [-0.05, 0) is 53.2 Å². The first-order chi connectivity index (χ1) is 12.9. The number of hydrogen-bond donors (Lipinski definition) is 1. The molecule has 0 spiro atoms. The van der Waals surface area contributed by atoms with Gasteiger partial charge >= 0.3 is 0 Å². The first-order valence-electron chi connectivity index (χ1n) is 7.88. The molecule has 0 radical (unpaired) electrons. The number of nitrogens with one attached hydrogen (secondary N) is 1. The van der Waals surface area contributed by atoms with Crippen molar-refractivity contribution in [3.63, 3.8) is 0 Å². The molecule has 0 fully saturated rings. The summed E-state index contributed by atoms with van der Waals surface area (Å²) < 4.78 is 6.20. The fourth-order valence-corrected chi connectivity index (χ4v) is 2.95. The van der Waals surface area contributed by atoms with Gasteiger partial charge in [-0.2, -0.15) is 5.10 Å². The highest BCUT2D eigenvalue weighted by Crippen LogP contribution is 2.32. The summed E-state index contributed by atoms with van der Waals surface area (Å²) in [7, 11) is 0. The van der Waals surface area contributed by atoms with Crippen LogP contribution in [0.25, 0.3) is 11.3 Å². The van der Waals surface area contributed by atoms with Gasteiger partial charge < -0.3 is 4.42 Å². The predicted molar refractivity (Wildman–Crippen MR) is 105 cm³/mol. The number of nitro benzene ring substituents is 1. The maximum Gasteiger partial charge on any atom is 0.271 e. The van der Waals surface area contributed by atoms with Crippen LogP contribution in [-0.2, 0) is 0 Å². The van der Waals surface area contributed by atoms with Crippen LogP contribution in [0.3, 0.4) is 0 Å². The normalized spacial score (nSPS) is 10.9. The highest BCUT2D eigenvalue weighted by Gasteiger charge is 2.13. The van der Waals surface area contributed by atoms with Crippen molar-refractivity contribution in [2.75, 3.05) is 0 Å². The molecular formula is C19H14BrN3O4. The number of carbonyl (C=O) groups is 1. The third-order valence-electron chi connectivity index (χ3n) is 3.69. The molecular weight excluding hydrogens is 414 g/mol. The second-order valence-electron chi connectivity index (χ2n) is 5.69. The largest absolute Gasteiger partial charge is 0.455 e. The first-order valence-corrected chi connectivity index (χ1v) is 8.67. The van der Waals surface area contributed by atoms with Gasteiger partial charge in [0.1, 0.15) is 11.5 Å². The highest BCUT2D eigenvalue weighted by molar-refractivity contribution is 9.10. The monoisotopic (exact) mass is 427 g/mol. The van der Waals surface area contributed by atoms with Gasteiger partial charge in [0.2, 0.25) is 0 Å². The Kier molecular flexibility index (Phi) is 5.46. The van der Waals surface area contributed by atoms with Gasteiger partial charge in [0.25, 0.3) is 11.6 Å². The van der Waals surface area contributed by atoms with E-state index in [4.69, 9.17) is 4.42 Å². The average Bonchev–Trinajstić information content (AvgIpc) is 3.10. The number of nitrogens with zero attached hydrogens (tertiary/aromatic N) is 2. The molecule has 0 aliphatic carbocycles. The maximum atomic E-state index is 12.0. The van der Waals surface area contributed by atoms with Gasteiger partial charge in [-0.15, -0.1) is 0 Å². The van der Waals surface area contributed by atoms with Crippen LogP contribution in [0.1, 0.15) is 21.7 Å². The van der Waals surface area contributed by atoms with Crippen molar-refractivity contribution in [3.05, 3.63) is 86.1 Å². The van der Waals surface area contributed by atoms with Gasteiger partial charge in [-0.1, -0.05) is 17.7 Å². The van der Waals surface area contributed by atoms with E-state index in [-0.39, 0.29) is 11.6 Å². The lowest BCUT2D eigenvalue weighted by Crippen LogP contribution is -2.17. The second-order valence-corrected chi connectivity index (χ2v) is 6.55. The Bertz CT molecular complexity index is 1040. The van der Waals surface area contributed by atoms with Crippen LogP contribution in [0.5, 0.6) is 0 Å². The molecule has 0 bridgehead atoms. The summed E-state index contributed by atoms with van der Waals surface area (Å²) in [5, 5.41) is 14.7. The number of amides is 1. The lowest BCUT2D eigenvalue weighted by molar-refractivity contribution is -0.384. The van der Waals surface area contributed by atoms with Gasteiger partial charge in [0.05, 0.1) is 11.1 Å². The van der Waals surface area contributed by atoms with E-state index in [0.717, 1.165) is 5.56 Å². The number of hydrogen-bond acceptors (Lipinski definition) is 5. The molecule has 136 valence electrons. The van der Waals surface area contributed by atoms with Crippen molar-refractivity contribution >= 4 is 33.7 Å². The topological polar surface area (TPSA) is 97.7 Å². The van der Waals surface area contributed by atoms with E-state index >= 15 is 0 Å². The SMILES string of the molecule is Cc1cccc(C(=O)N/N=C\c2ccc(-c3ccc([N+](=O)[O-])cc3Br)o2)c1. The zero-order chi connectivity index (χ0) is 19.4. The lowest BCUT2D eigenvalue weighted by Gasteiger charge is -2.01. The van der Waals surface area contributed by atoms with Crippen molar-refractivity contribution in [2.24, 2.45) is 5.10 Å². The fourth-order valence-electron chi connectivity index (χ4n) is 2.39. The Labute approximate surface area is 163 Å². The molecule has 8 heteroatoms. The van der Waals surface area contributed by atoms with Crippen molar-refractivity contribution in [3.8, 4) is 11.3 Å². The number of nitro groups is 1. The van der Waals surface area contributed by atoms with E-state index in [9.17, 15) is 14.9 Å². The molecule has 7 nitrogen and oxygen atoms in total. The number of aryl methyl sites for hydroxylation is 1. The molecule has 1 amide bonds. The van der Waals surface area contributed by atoms with E-state index in [0.29, 0.717) is 27.1 Å². The summed E-state index contributed by atoms with van der Waals surface area (Å²) in [5.74, 6) is 0.628. The minimum Gasteiger partial charge on any atom is -0.455 e. The Morgan fingerprint density at radius 2 is 2.04 bits per heavy atom. The van der Waals surface area contributed by atoms with Gasteiger partial charge in [-0.25, -0.2) is 5.43 Å². The lowest BCUT2D eigenvalue weighted by atomic mass is 10.1. The van der Waals surface area contributed by atoms with Crippen molar-refractivity contribution < 1.29 is 14.1 Å². The van der Waals surface area contributed by atoms with E-state index in [2.05, 4.69) is 26.5 Å². The third-order valence-corrected chi connectivity index (χ3v) is 4.35. The maximum absolute atomic E-state index is 12.0. The molecule has 0 aliphatic rings. The van der Waals surface area contributed by atoms with Crippen molar-refractivity contribution in [1.82, 2.24) is 5.43 Å². The molecule has 1 N–H and O–H groups in total. The minimum absolute atomic E-state index is 0.0159. The fraction of sp³-hybridized carbons (Fsp3) is 0.0526. The Morgan fingerprint density at radius 1 is 1.22 bits per heavy atom. The standard InChI is InChI=1S/C19H14BrN3O4/c1-12-3-2-4-13(9-12)19(24)22-21-11-15-6-8-18(27-15)16-7-5-14(23(25)26)10-17(16)20/h2-11H,1H3,(H,22,24)/b21-11-. The summed E-state index contributed by atoms with van der Waals surface area (Å²) in [6.07, 6.45) is 1.39. The summed E-state index contributed by atoms with van der Waals surface area (Å²) in [5.41, 5.74) is 4.59. The van der Waals surface area contributed by atoms with Gasteiger partial charge in [0, 0.05) is 27.7 Å². The zero-order valence-electron chi connectivity index (χ0n) is 14.2. The Hall–Kier alpha value is -3.26. The van der Waals surface area contributed by atoms with Crippen LogP contribution in [-0.4, -0.2) is 17.0 Å². The van der Waals surface area contributed by atoms with Gasteiger partial charge in [-0.3, -0.25) is 14.9 Å². The zero-order valence-corrected chi connectivity index (χ0v) is 15.8. The smallest absolute Gasteiger partial charge is 0.271 e. The molecule has 1 heterocycles. The molecule has 2 aromatic carbocycles. The molecule has 0 saturated heterocycles. The molecule has 1 aromatic heterocycles. The van der Waals surface area contributed by atoms with Crippen LogP contribution in [0.4, 0.5) is 5.69 Å². The first kappa shape index (κ1) is 18.5. The van der Waals surface area contributed by atoms with Crippen molar-refractivity contribution in [2.45, 2.75) is 6.92 Å². The molecule has 0 saturated carbocycles. The van der Waals surface area contributed by atoms with E-state index < -0.39 is 4.92 Å². The predicted octanol–water partition coefficient (Wildman–Crippen LogP) is 4.69. The average molecular weight is 428 g/mol. The van der Waals surface area contributed by atoms with Crippen LogP contribution >= 0.6 is 15.9 Å². The Morgan fingerprint density at radius 3 is 2.74 bits per heavy atom. The quantitative estimate of drug-likeness (QED) is 0.362. The molecule has 27 heavy (non-hydrogen) atoms. The molecule has 3 aromatic rings. The number of hydrazone groups is 1. The molecule has 3 rings (SSSR count). The summed E-state index contributed by atoms with van der Waals surface area (Å²) in [4.78, 5) is 22.4. The summed E-state index contributed by atoms with van der Waals surface area (Å²) in [6.45, 7) is 1.90. The van der Waals surface area contributed by atoms with Crippen molar-refractivity contribution in [1.29, 1.82) is 0 Å². The van der Waals surface area contributed by atoms with Gasteiger partial charge in [0.15, 0.2) is 0 Å². The summed E-state index contributed by atoms with van der Waals surface area (Å²) in [6, 6.07) is 15.0. The minimum atomic E-state index is -0.467. The molecule has 0 unspecified atom stereocenters. The number of non-ortho nitro benzene ring substituents is 1. The van der Waals surface area contributed by atoms with E-state index in [1.807, 2.05) is 13.0 Å². The highest BCUT2D eigenvalue weighted by atomic mass is 79.9. The van der Waals surface area contributed by atoms with Crippen LogP contribution < -0.4 is 5.43 Å². The van der Waals surface area contributed by atoms with E-state index in [1.165, 1.54) is 18.3 Å². The van der Waals surface area contributed by atoms with E-state index in [1.54, 1.807) is 36.4 Å². The summed E-state index contributed by atoms with van der Waals surface area (Å²) >= 11 is 3.31. The Balaban J connectivity index is 1.70. The molecule has 0 atom stereocenters. The second kappa shape index (κ2) is 7.96. The molecule has 0 aliphatic heterocycles.